The van der Waals surface area contributed by atoms with Crippen LogP contribution in [0.1, 0.15) is 27.6 Å². The second-order valence-electron chi connectivity index (χ2n) is 3.50. The van der Waals surface area contributed by atoms with Crippen LogP contribution in [-0.2, 0) is 9.47 Å². The molecule has 0 radical (unpaired) electrons. The van der Waals surface area contributed by atoms with E-state index < -0.39 is 17.8 Å². The smallest absolute Gasteiger partial charge is 0.344 e. The van der Waals surface area contributed by atoms with Crippen molar-refractivity contribution in [3.05, 3.63) is 23.5 Å². The van der Waals surface area contributed by atoms with Crippen LogP contribution in [0.2, 0.25) is 0 Å². The Hall–Kier alpha value is -2.64. The quantitative estimate of drug-likeness (QED) is 0.801. The molecule has 0 atom stereocenters. The maximum absolute atomic E-state index is 11.6. The van der Waals surface area contributed by atoms with Crippen LogP contribution in [0.5, 0.6) is 5.88 Å². The van der Waals surface area contributed by atoms with Crippen LogP contribution in [0, 0.1) is 0 Å². The number of aromatic nitrogens is 3. The molecule has 0 bridgehead atoms. The molecule has 0 fully saturated rings. The first-order valence-electron chi connectivity index (χ1n) is 5.41. The predicted octanol–water partition coefficient (Wildman–Crippen LogP) is 0.398. The van der Waals surface area contributed by atoms with E-state index in [2.05, 4.69) is 14.8 Å². The molecule has 0 aliphatic heterocycles. The molecule has 0 aromatic carbocycles. The molecular formula is C11H11N3O5. The van der Waals surface area contributed by atoms with Crippen LogP contribution >= 0.6 is 0 Å². The van der Waals surface area contributed by atoms with Crippen LogP contribution in [0.4, 0.5) is 0 Å². The second kappa shape index (κ2) is 4.92. The Bertz CT molecular complexity index is 649. The summed E-state index contributed by atoms with van der Waals surface area (Å²) in [6.45, 7) is 1.88. The van der Waals surface area contributed by atoms with Gasteiger partial charge in [-0.3, -0.25) is 0 Å². The van der Waals surface area contributed by atoms with E-state index in [1.54, 1.807) is 6.92 Å². The lowest BCUT2D eigenvalue weighted by Crippen LogP contribution is -2.08. The molecule has 0 amide bonds. The maximum atomic E-state index is 11.6. The monoisotopic (exact) mass is 265 g/mol. The first-order chi connectivity index (χ1) is 9.10. The van der Waals surface area contributed by atoms with Crippen LogP contribution in [0.25, 0.3) is 5.65 Å². The fourth-order valence-electron chi connectivity index (χ4n) is 1.53. The van der Waals surface area contributed by atoms with Gasteiger partial charge in [0.1, 0.15) is 11.1 Å². The summed E-state index contributed by atoms with van der Waals surface area (Å²) in [5.74, 6) is -1.80. The van der Waals surface area contributed by atoms with E-state index >= 15 is 0 Å². The molecule has 19 heavy (non-hydrogen) atoms. The maximum Gasteiger partial charge on any atom is 0.344 e. The zero-order chi connectivity index (χ0) is 14.0. The van der Waals surface area contributed by atoms with E-state index in [-0.39, 0.29) is 23.4 Å². The number of esters is 2. The van der Waals surface area contributed by atoms with Crippen molar-refractivity contribution < 1.29 is 24.2 Å². The summed E-state index contributed by atoms with van der Waals surface area (Å²) in [6.07, 6.45) is 2.32. The third-order valence-electron chi connectivity index (χ3n) is 2.40. The largest absolute Gasteiger partial charge is 0.493 e. The van der Waals surface area contributed by atoms with Gasteiger partial charge >= 0.3 is 11.9 Å². The highest BCUT2D eigenvalue weighted by molar-refractivity contribution is 5.97. The summed E-state index contributed by atoms with van der Waals surface area (Å²) in [5, 5.41) is 13.7. The lowest BCUT2D eigenvalue weighted by atomic mass is 10.3. The van der Waals surface area contributed by atoms with Crippen LogP contribution in [-0.4, -0.2) is 45.4 Å². The molecule has 0 aliphatic carbocycles. The second-order valence-corrected chi connectivity index (χ2v) is 3.50. The number of rotatable bonds is 3. The number of carbonyl (C=O) groups is 2. The van der Waals surface area contributed by atoms with E-state index in [1.165, 1.54) is 13.3 Å². The minimum atomic E-state index is -0.750. The van der Waals surface area contributed by atoms with Crippen molar-refractivity contribution in [2.24, 2.45) is 0 Å². The lowest BCUT2D eigenvalue weighted by molar-refractivity contribution is 0.0527. The molecule has 1 N–H and O–H groups in total. The highest BCUT2D eigenvalue weighted by Gasteiger charge is 2.21. The number of hydrogen-bond acceptors (Lipinski definition) is 7. The number of fused-ring (bicyclic) bond motifs is 1. The lowest BCUT2D eigenvalue weighted by Gasteiger charge is -2.04. The molecule has 2 aromatic rings. The van der Waals surface area contributed by atoms with Crippen molar-refractivity contribution in [1.82, 2.24) is 14.6 Å². The summed E-state index contributed by atoms with van der Waals surface area (Å²) in [6, 6.07) is 0. The minimum absolute atomic E-state index is 0.101. The van der Waals surface area contributed by atoms with Crippen molar-refractivity contribution in [3.8, 4) is 5.88 Å². The number of carbonyl (C=O) groups excluding carboxylic acids is 2. The standard InChI is InChI=1S/C11H11N3O5/c1-3-19-11(17)6-5-13-14-8(6)12-4-7(9(14)15)10(16)18-2/h4-5,15H,3H2,1-2H3. The van der Waals surface area contributed by atoms with Gasteiger partial charge in [-0.2, -0.15) is 9.61 Å². The van der Waals surface area contributed by atoms with Crippen molar-refractivity contribution in [2.75, 3.05) is 13.7 Å². The van der Waals surface area contributed by atoms with Crippen molar-refractivity contribution >= 4 is 17.6 Å². The molecule has 0 saturated heterocycles. The highest BCUT2D eigenvalue weighted by atomic mass is 16.5. The number of ether oxygens (including phenoxy) is 2. The number of hydrogen-bond donors (Lipinski definition) is 1. The fraction of sp³-hybridized carbons (Fsp3) is 0.273. The number of methoxy groups -OCH3 is 1. The molecule has 2 rings (SSSR count). The Morgan fingerprint density at radius 2 is 2.05 bits per heavy atom. The Balaban J connectivity index is 2.55. The van der Waals surface area contributed by atoms with Crippen LogP contribution < -0.4 is 0 Å². The van der Waals surface area contributed by atoms with Crippen molar-refractivity contribution in [3.63, 3.8) is 0 Å². The summed E-state index contributed by atoms with van der Waals surface area (Å²) < 4.78 is 10.3. The van der Waals surface area contributed by atoms with E-state index in [9.17, 15) is 14.7 Å². The summed E-state index contributed by atoms with van der Waals surface area (Å²) in [4.78, 5) is 26.9. The Morgan fingerprint density at radius 1 is 1.32 bits per heavy atom. The van der Waals surface area contributed by atoms with Gasteiger partial charge in [-0.1, -0.05) is 0 Å². The third-order valence-corrected chi connectivity index (χ3v) is 2.40. The Labute approximate surface area is 107 Å². The minimum Gasteiger partial charge on any atom is -0.493 e. The topological polar surface area (TPSA) is 103 Å². The van der Waals surface area contributed by atoms with Gasteiger partial charge in [-0.25, -0.2) is 14.6 Å². The Morgan fingerprint density at radius 3 is 2.68 bits per heavy atom. The first kappa shape index (κ1) is 12.8. The van der Waals surface area contributed by atoms with E-state index in [0.717, 1.165) is 10.7 Å². The molecule has 0 saturated carbocycles. The van der Waals surface area contributed by atoms with Gasteiger partial charge in [-0.05, 0) is 6.92 Å². The average molecular weight is 265 g/mol. The number of aromatic hydroxyl groups is 1. The van der Waals surface area contributed by atoms with Gasteiger partial charge < -0.3 is 14.6 Å². The van der Waals surface area contributed by atoms with Gasteiger partial charge in [0.2, 0.25) is 5.88 Å². The van der Waals surface area contributed by atoms with Crippen LogP contribution in [0.3, 0.4) is 0 Å². The zero-order valence-corrected chi connectivity index (χ0v) is 10.3. The molecule has 0 unspecified atom stereocenters. The molecule has 8 nitrogen and oxygen atoms in total. The van der Waals surface area contributed by atoms with Crippen LogP contribution in [0.15, 0.2) is 12.4 Å². The fourth-order valence-corrected chi connectivity index (χ4v) is 1.53. The molecule has 0 spiro atoms. The third kappa shape index (κ3) is 2.07. The molecular weight excluding hydrogens is 254 g/mol. The Kier molecular flexibility index (Phi) is 3.32. The molecule has 2 heterocycles. The summed E-state index contributed by atoms with van der Waals surface area (Å²) in [5.41, 5.74) is 0.0608. The van der Waals surface area contributed by atoms with E-state index in [0.29, 0.717) is 0 Å². The van der Waals surface area contributed by atoms with E-state index in [1.807, 2.05) is 0 Å². The highest BCUT2D eigenvalue weighted by Crippen LogP contribution is 2.20. The van der Waals surface area contributed by atoms with Gasteiger partial charge in [0.25, 0.3) is 0 Å². The predicted molar refractivity (Wildman–Crippen MR) is 61.9 cm³/mol. The summed E-state index contributed by atoms with van der Waals surface area (Å²) >= 11 is 0. The normalized spacial score (nSPS) is 10.4. The van der Waals surface area contributed by atoms with Crippen molar-refractivity contribution in [1.29, 1.82) is 0 Å². The molecule has 2 aromatic heterocycles. The van der Waals surface area contributed by atoms with Crippen molar-refractivity contribution in [2.45, 2.75) is 6.92 Å². The van der Waals surface area contributed by atoms with Gasteiger partial charge in [0.05, 0.1) is 19.9 Å². The van der Waals surface area contributed by atoms with Gasteiger partial charge in [0, 0.05) is 6.20 Å². The van der Waals surface area contributed by atoms with Gasteiger partial charge in [-0.15, -0.1) is 0 Å². The molecule has 0 aliphatic rings. The number of nitrogens with zero attached hydrogens (tertiary/aromatic N) is 3. The zero-order valence-electron chi connectivity index (χ0n) is 10.3. The summed E-state index contributed by atoms with van der Waals surface area (Å²) in [7, 11) is 1.18. The average Bonchev–Trinajstić information content (AvgIpc) is 2.83. The van der Waals surface area contributed by atoms with Gasteiger partial charge in [0.15, 0.2) is 5.65 Å². The SMILES string of the molecule is CCOC(=O)c1cnn2c(O)c(C(=O)OC)cnc12. The molecule has 100 valence electrons. The van der Waals surface area contributed by atoms with E-state index in [4.69, 9.17) is 4.74 Å². The molecule has 8 heteroatoms. The first-order valence-corrected chi connectivity index (χ1v) is 5.41.